The van der Waals surface area contributed by atoms with Crippen molar-refractivity contribution in [2.24, 2.45) is 0 Å². The maximum absolute atomic E-state index is 12.5. The van der Waals surface area contributed by atoms with Gasteiger partial charge in [0.2, 0.25) is 0 Å². The second-order valence-corrected chi connectivity index (χ2v) is 6.39. The number of hydrogen-bond acceptors (Lipinski definition) is 3. The molecular weight excluding hydrogens is 346 g/mol. The van der Waals surface area contributed by atoms with Gasteiger partial charge in [0, 0.05) is 26.5 Å². The van der Waals surface area contributed by atoms with Crippen LogP contribution in [0, 0.1) is 0 Å². The topological polar surface area (TPSA) is 30.0 Å². The third kappa shape index (κ3) is 3.17. The van der Waals surface area contributed by atoms with Crippen LogP contribution < -0.4 is 0 Å². The molecule has 0 aliphatic carbocycles. The molecule has 0 amide bonds. The van der Waals surface area contributed by atoms with Crippen molar-refractivity contribution >= 4 is 44.4 Å². The van der Waals surface area contributed by atoms with Crippen LogP contribution in [-0.2, 0) is 0 Å². The molecule has 0 atom stereocenters. The van der Waals surface area contributed by atoms with E-state index in [1.54, 1.807) is 18.0 Å². The summed E-state index contributed by atoms with van der Waals surface area (Å²) in [5.41, 5.74) is 1.59. The largest absolute Gasteiger partial charge is 0.293 e. The van der Waals surface area contributed by atoms with Crippen LogP contribution in [0.1, 0.15) is 10.4 Å². The van der Waals surface area contributed by atoms with E-state index in [1.165, 1.54) is 0 Å². The molecule has 21 heavy (non-hydrogen) atoms. The molecule has 1 heterocycles. The van der Waals surface area contributed by atoms with Gasteiger partial charge in [-0.15, -0.1) is 11.8 Å². The molecule has 1 aromatic heterocycles. The van der Waals surface area contributed by atoms with E-state index in [2.05, 4.69) is 20.9 Å². The SMILES string of the molecule is O=C(CSc1ccccc1Br)c1cccc2ncccc12. The van der Waals surface area contributed by atoms with E-state index in [4.69, 9.17) is 0 Å². The van der Waals surface area contributed by atoms with E-state index in [-0.39, 0.29) is 5.78 Å². The zero-order valence-electron chi connectivity index (χ0n) is 11.1. The Kier molecular flexibility index (Phi) is 4.36. The Morgan fingerprint density at radius 3 is 2.76 bits per heavy atom. The number of carbonyl (C=O) groups is 1. The minimum Gasteiger partial charge on any atom is -0.293 e. The zero-order chi connectivity index (χ0) is 14.7. The van der Waals surface area contributed by atoms with Crippen molar-refractivity contribution in [1.82, 2.24) is 4.98 Å². The summed E-state index contributed by atoms with van der Waals surface area (Å²) in [6.45, 7) is 0. The van der Waals surface area contributed by atoms with Crippen molar-refractivity contribution in [3.8, 4) is 0 Å². The molecule has 104 valence electrons. The van der Waals surface area contributed by atoms with Gasteiger partial charge in [0.15, 0.2) is 5.78 Å². The Morgan fingerprint density at radius 2 is 1.90 bits per heavy atom. The van der Waals surface area contributed by atoms with Crippen LogP contribution in [0.2, 0.25) is 0 Å². The molecule has 0 saturated heterocycles. The number of pyridine rings is 1. The van der Waals surface area contributed by atoms with Gasteiger partial charge in [-0.2, -0.15) is 0 Å². The summed E-state index contributed by atoms with van der Waals surface area (Å²) < 4.78 is 1.02. The molecule has 2 nitrogen and oxygen atoms in total. The third-order valence-corrected chi connectivity index (χ3v) is 5.17. The quantitative estimate of drug-likeness (QED) is 0.487. The summed E-state index contributed by atoms with van der Waals surface area (Å²) in [5.74, 6) is 0.533. The van der Waals surface area contributed by atoms with Crippen LogP contribution in [0.5, 0.6) is 0 Å². The maximum Gasteiger partial charge on any atom is 0.173 e. The lowest BCUT2D eigenvalue weighted by Gasteiger charge is -2.06. The lowest BCUT2D eigenvalue weighted by atomic mass is 10.1. The molecule has 0 aliphatic rings. The van der Waals surface area contributed by atoms with Crippen LogP contribution in [0.4, 0.5) is 0 Å². The summed E-state index contributed by atoms with van der Waals surface area (Å²) in [4.78, 5) is 17.8. The standard InChI is InChI=1S/C17H12BrNOS/c18-14-7-1-2-9-17(14)21-11-16(20)13-5-3-8-15-12(13)6-4-10-19-15/h1-10H,11H2. The van der Waals surface area contributed by atoms with Crippen molar-refractivity contribution in [1.29, 1.82) is 0 Å². The smallest absolute Gasteiger partial charge is 0.173 e. The lowest BCUT2D eigenvalue weighted by Crippen LogP contribution is -2.03. The Labute approximate surface area is 135 Å². The fourth-order valence-corrected chi connectivity index (χ4v) is 3.58. The number of hydrogen-bond donors (Lipinski definition) is 0. The number of nitrogens with zero attached hydrogens (tertiary/aromatic N) is 1. The highest BCUT2D eigenvalue weighted by atomic mass is 79.9. The lowest BCUT2D eigenvalue weighted by molar-refractivity contribution is 0.102. The van der Waals surface area contributed by atoms with E-state index in [9.17, 15) is 4.79 Å². The number of ketones is 1. The molecule has 0 saturated carbocycles. The van der Waals surface area contributed by atoms with Crippen molar-refractivity contribution in [3.05, 3.63) is 70.8 Å². The highest BCUT2D eigenvalue weighted by molar-refractivity contribution is 9.10. The minimum atomic E-state index is 0.120. The third-order valence-electron chi connectivity index (χ3n) is 3.14. The average molecular weight is 358 g/mol. The van der Waals surface area contributed by atoms with Gasteiger partial charge in [-0.3, -0.25) is 9.78 Å². The molecule has 0 radical (unpaired) electrons. The van der Waals surface area contributed by atoms with Crippen LogP contribution in [0.15, 0.2) is 70.2 Å². The highest BCUT2D eigenvalue weighted by Gasteiger charge is 2.11. The summed E-state index contributed by atoms with van der Waals surface area (Å²) in [5, 5.41) is 0.915. The minimum absolute atomic E-state index is 0.120. The van der Waals surface area contributed by atoms with Gasteiger partial charge in [0.25, 0.3) is 0 Å². The summed E-state index contributed by atoms with van der Waals surface area (Å²) in [6.07, 6.45) is 1.74. The Morgan fingerprint density at radius 1 is 1.05 bits per heavy atom. The molecule has 0 aliphatic heterocycles. The average Bonchev–Trinajstić information content (AvgIpc) is 2.53. The highest BCUT2D eigenvalue weighted by Crippen LogP contribution is 2.28. The molecule has 3 aromatic rings. The predicted molar refractivity (Wildman–Crippen MR) is 90.9 cm³/mol. The summed E-state index contributed by atoms with van der Waals surface area (Å²) >= 11 is 5.04. The number of thioether (sulfide) groups is 1. The second kappa shape index (κ2) is 6.41. The van der Waals surface area contributed by atoms with Gasteiger partial charge < -0.3 is 0 Å². The first kappa shape index (κ1) is 14.3. The maximum atomic E-state index is 12.5. The number of carbonyl (C=O) groups excluding carboxylic acids is 1. The van der Waals surface area contributed by atoms with Crippen molar-refractivity contribution in [2.75, 3.05) is 5.75 Å². The number of halogens is 1. The van der Waals surface area contributed by atoms with Gasteiger partial charge in [-0.25, -0.2) is 0 Å². The Balaban J connectivity index is 1.83. The van der Waals surface area contributed by atoms with E-state index in [0.717, 1.165) is 25.8 Å². The predicted octanol–water partition coefficient (Wildman–Crippen LogP) is 4.97. The van der Waals surface area contributed by atoms with Gasteiger partial charge in [-0.1, -0.05) is 30.3 Å². The fraction of sp³-hybridized carbons (Fsp3) is 0.0588. The van der Waals surface area contributed by atoms with Crippen molar-refractivity contribution in [3.63, 3.8) is 0 Å². The molecule has 0 unspecified atom stereocenters. The number of aromatic nitrogens is 1. The normalized spacial score (nSPS) is 10.7. The number of Topliss-reactive ketones (excluding diaryl/α,β-unsaturated/α-hetero) is 1. The van der Waals surface area contributed by atoms with E-state index in [1.807, 2.05) is 54.6 Å². The van der Waals surface area contributed by atoms with Crippen LogP contribution in [0.3, 0.4) is 0 Å². The number of fused-ring (bicyclic) bond motifs is 1. The van der Waals surface area contributed by atoms with E-state index < -0.39 is 0 Å². The van der Waals surface area contributed by atoms with Gasteiger partial charge >= 0.3 is 0 Å². The Bertz CT molecular complexity index is 798. The van der Waals surface area contributed by atoms with Crippen molar-refractivity contribution in [2.45, 2.75) is 4.90 Å². The summed E-state index contributed by atoms with van der Waals surface area (Å²) in [6, 6.07) is 17.4. The first-order valence-corrected chi connectivity index (χ1v) is 8.28. The second-order valence-electron chi connectivity index (χ2n) is 4.52. The first-order chi connectivity index (χ1) is 10.3. The van der Waals surface area contributed by atoms with Crippen LogP contribution in [-0.4, -0.2) is 16.5 Å². The van der Waals surface area contributed by atoms with E-state index >= 15 is 0 Å². The van der Waals surface area contributed by atoms with Gasteiger partial charge in [0.1, 0.15) is 0 Å². The summed E-state index contributed by atoms with van der Waals surface area (Å²) in [7, 11) is 0. The monoisotopic (exact) mass is 357 g/mol. The number of rotatable bonds is 4. The number of benzene rings is 2. The van der Waals surface area contributed by atoms with Gasteiger partial charge in [0.05, 0.1) is 11.3 Å². The molecule has 0 bridgehead atoms. The molecule has 0 spiro atoms. The van der Waals surface area contributed by atoms with Gasteiger partial charge in [-0.05, 0) is 40.2 Å². The fourth-order valence-electron chi connectivity index (χ4n) is 2.13. The molecule has 4 heteroatoms. The van der Waals surface area contributed by atoms with Crippen LogP contribution >= 0.6 is 27.7 Å². The first-order valence-electron chi connectivity index (χ1n) is 6.50. The van der Waals surface area contributed by atoms with Crippen molar-refractivity contribution < 1.29 is 4.79 Å². The molecule has 3 rings (SSSR count). The molecule has 2 aromatic carbocycles. The Hall–Kier alpha value is -1.65. The molecule has 0 N–H and O–H groups in total. The molecular formula is C17H12BrNOS. The molecule has 0 fully saturated rings. The van der Waals surface area contributed by atoms with E-state index in [0.29, 0.717) is 5.75 Å². The zero-order valence-corrected chi connectivity index (χ0v) is 13.5. The van der Waals surface area contributed by atoms with Crippen LogP contribution in [0.25, 0.3) is 10.9 Å².